The maximum absolute atomic E-state index is 2.49. The molecule has 0 aliphatic carbocycles. The van der Waals surface area contributed by atoms with Crippen molar-refractivity contribution in [3.05, 3.63) is 66.2 Å². The summed E-state index contributed by atoms with van der Waals surface area (Å²) >= 11 is -1.79. The maximum atomic E-state index is 2.49. The van der Waals surface area contributed by atoms with Crippen LogP contribution in [0.15, 0.2) is 60.7 Å². The van der Waals surface area contributed by atoms with Crippen molar-refractivity contribution in [2.75, 3.05) is 20.1 Å². The fraction of sp³-hybridized carbons (Fsp3) is 0.333. The predicted octanol–water partition coefficient (Wildman–Crippen LogP) is 3.07. The molecule has 0 unspecified atom stereocenters. The van der Waals surface area contributed by atoms with Gasteiger partial charge in [-0.05, 0) is 0 Å². The van der Waals surface area contributed by atoms with E-state index < -0.39 is 13.6 Å². The van der Waals surface area contributed by atoms with Crippen molar-refractivity contribution in [3.8, 4) is 0 Å². The molecule has 0 bridgehead atoms. The quantitative estimate of drug-likeness (QED) is 0.783. The standard InChI is InChI=1S/C18H23AsN/c1-20-14-12-19(13-15-20,18-10-6-3-7-11-18)16-17-8-4-2-5-9-17/h2-11H,12-16H2,1H3/q+1. The molecule has 1 heterocycles. The zero-order chi connectivity index (χ0) is 13.8. The van der Waals surface area contributed by atoms with Crippen LogP contribution in [0.5, 0.6) is 0 Å². The molecule has 2 aromatic rings. The van der Waals surface area contributed by atoms with Crippen LogP contribution in [0.1, 0.15) is 5.56 Å². The van der Waals surface area contributed by atoms with Crippen LogP contribution in [0.3, 0.4) is 0 Å². The molecule has 0 aromatic heterocycles. The summed E-state index contributed by atoms with van der Waals surface area (Å²) in [6, 6.07) is 22.5. The molecule has 0 amide bonds. The molecule has 0 saturated carbocycles. The average Bonchev–Trinajstić information content (AvgIpc) is 2.52. The Kier molecular flexibility index (Phi) is 4.29. The van der Waals surface area contributed by atoms with E-state index >= 15 is 0 Å². The van der Waals surface area contributed by atoms with Gasteiger partial charge in [-0.25, -0.2) is 0 Å². The van der Waals surface area contributed by atoms with E-state index in [0.29, 0.717) is 0 Å². The van der Waals surface area contributed by atoms with Gasteiger partial charge in [-0.1, -0.05) is 0 Å². The average molecular weight is 328 g/mol. The summed E-state index contributed by atoms with van der Waals surface area (Å²) < 4.78 is 1.68. The van der Waals surface area contributed by atoms with Crippen LogP contribution in [-0.2, 0) is 5.21 Å². The fourth-order valence-corrected chi connectivity index (χ4v) is 12.4. The molecular formula is C18H23AsN+. The number of rotatable bonds is 3. The molecule has 1 nitrogen and oxygen atoms in total. The van der Waals surface area contributed by atoms with Crippen molar-refractivity contribution in [3.63, 3.8) is 0 Å². The van der Waals surface area contributed by atoms with E-state index in [1.807, 2.05) is 0 Å². The van der Waals surface area contributed by atoms with Gasteiger partial charge in [0.15, 0.2) is 0 Å². The molecule has 1 saturated heterocycles. The van der Waals surface area contributed by atoms with Crippen molar-refractivity contribution in [1.82, 2.24) is 4.90 Å². The number of nitrogens with zero attached hydrogens (tertiary/aromatic N) is 1. The Morgan fingerprint density at radius 2 is 1.40 bits per heavy atom. The summed E-state index contributed by atoms with van der Waals surface area (Å²) in [6.45, 7) is 2.55. The Bertz CT molecular complexity index is 530. The first-order chi connectivity index (χ1) is 9.78. The third-order valence-electron chi connectivity index (χ3n) is 4.45. The summed E-state index contributed by atoms with van der Waals surface area (Å²) in [6.07, 6.45) is 0. The van der Waals surface area contributed by atoms with Crippen LogP contribution in [0.25, 0.3) is 0 Å². The number of benzene rings is 2. The second-order valence-corrected chi connectivity index (χ2v) is 14.3. The summed E-state index contributed by atoms with van der Waals surface area (Å²) in [5, 5.41) is 4.18. The summed E-state index contributed by atoms with van der Waals surface area (Å²) in [5.41, 5.74) is 1.54. The van der Waals surface area contributed by atoms with Crippen LogP contribution in [0.4, 0.5) is 0 Å². The SMILES string of the molecule is CN1CC[As+](Cc2ccccc2)(c2ccccc2)CC1. The van der Waals surface area contributed by atoms with Gasteiger partial charge in [0.05, 0.1) is 0 Å². The van der Waals surface area contributed by atoms with Gasteiger partial charge < -0.3 is 0 Å². The molecule has 104 valence electrons. The van der Waals surface area contributed by atoms with Crippen molar-refractivity contribution in [1.29, 1.82) is 0 Å². The van der Waals surface area contributed by atoms with E-state index in [1.165, 1.54) is 34.3 Å². The molecule has 2 aromatic carbocycles. The number of hydrogen-bond acceptors (Lipinski definition) is 1. The molecule has 1 aliphatic rings. The minimum absolute atomic E-state index is 1.27. The Morgan fingerprint density at radius 3 is 2.00 bits per heavy atom. The minimum atomic E-state index is -1.79. The van der Waals surface area contributed by atoms with Gasteiger partial charge in [0.1, 0.15) is 0 Å². The van der Waals surface area contributed by atoms with Gasteiger partial charge in [-0.3, -0.25) is 0 Å². The van der Waals surface area contributed by atoms with Crippen LogP contribution in [0, 0.1) is 0 Å². The van der Waals surface area contributed by atoms with Crippen LogP contribution in [0.2, 0.25) is 10.4 Å². The van der Waals surface area contributed by atoms with E-state index in [-0.39, 0.29) is 0 Å². The Hall–Kier alpha value is -1.04. The first-order valence-corrected chi connectivity index (χ1v) is 12.3. The third-order valence-corrected chi connectivity index (χ3v) is 13.8. The monoisotopic (exact) mass is 328 g/mol. The van der Waals surface area contributed by atoms with Gasteiger partial charge in [-0.2, -0.15) is 0 Å². The van der Waals surface area contributed by atoms with Crippen LogP contribution in [-0.4, -0.2) is 38.6 Å². The normalized spacial score (nSPS) is 18.9. The Morgan fingerprint density at radius 1 is 0.850 bits per heavy atom. The molecule has 2 heteroatoms. The molecule has 3 rings (SSSR count). The first kappa shape index (κ1) is 13.9. The molecule has 1 fully saturated rings. The molecule has 1 aliphatic heterocycles. The van der Waals surface area contributed by atoms with Crippen LogP contribution >= 0.6 is 0 Å². The fourth-order valence-electron chi connectivity index (χ4n) is 3.13. The van der Waals surface area contributed by atoms with Crippen molar-refractivity contribution in [2.45, 2.75) is 15.6 Å². The van der Waals surface area contributed by atoms with Crippen molar-refractivity contribution in [2.24, 2.45) is 0 Å². The summed E-state index contributed by atoms with van der Waals surface area (Å²) in [4.78, 5) is 2.49. The Balaban J connectivity index is 1.92. The van der Waals surface area contributed by atoms with Gasteiger partial charge in [0.25, 0.3) is 0 Å². The van der Waals surface area contributed by atoms with Crippen molar-refractivity contribution < 1.29 is 0 Å². The molecule has 20 heavy (non-hydrogen) atoms. The zero-order valence-corrected chi connectivity index (χ0v) is 14.1. The van der Waals surface area contributed by atoms with Gasteiger partial charge in [-0.15, -0.1) is 0 Å². The predicted molar refractivity (Wildman–Crippen MR) is 89.1 cm³/mol. The Labute approximate surface area is 125 Å². The zero-order valence-electron chi connectivity index (χ0n) is 12.2. The second kappa shape index (κ2) is 6.16. The van der Waals surface area contributed by atoms with Crippen molar-refractivity contribution >= 4 is 17.9 Å². The molecule has 0 spiro atoms. The molecular weight excluding hydrogens is 305 g/mol. The number of hydrogen-bond donors (Lipinski definition) is 0. The molecule has 0 N–H and O–H groups in total. The molecule has 0 radical (unpaired) electrons. The topological polar surface area (TPSA) is 3.24 Å². The van der Waals surface area contributed by atoms with Crippen LogP contribution < -0.4 is 4.35 Å². The van der Waals surface area contributed by atoms with Gasteiger partial charge >= 0.3 is 125 Å². The van der Waals surface area contributed by atoms with E-state index in [4.69, 9.17) is 0 Å². The first-order valence-electron chi connectivity index (χ1n) is 7.43. The summed E-state index contributed by atoms with van der Waals surface area (Å²) in [7, 11) is 2.26. The molecule has 0 atom stereocenters. The van der Waals surface area contributed by atoms with Gasteiger partial charge in [0.2, 0.25) is 0 Å². The second-order valence-electron chi connectivity index (χ2n) is 5.87. The van der Waals surface area contributed by atoms with Gasteiger partial charge in [0, 0.05) is 0 Å². The van der Waals surface area contributed by atoms with E-state index in [2.05, 4.69) is 72.6 Å². The summed E-state index contributed by atoms with van der Waals surface area (Å²) in [5.74, 6) is 0. The van der Waals surface area contributed by atoms with E-state index in [0.717, 1.165) is 0 Å². The third kappa shape index (κ3) is 3.00. The van der Waals surface area contributed by atoms with E-state index in [9.17, 15) is 0 Å². The van der Waals surface area contributed by atoms with E-state index in [1.54, 1.807) is 4.35 Å².